The Balaban J connectivity index is 1.53. The van der Waals surface area contributed by atoms with Gasteiger partial charge in [-0.15, -0.1) is 11.3 Å². The van der Waals surface area contributed by atoms with E-state index in [0.29, 0.717) is 31.1 Å². The van der Waals surface area contributed by atoms with Gasteiger partial charge in [0.15, 0.2) is 5.13 Å². The Kier molecular flexibility index (Phi) is 6.37. The van der Waals surface area contributed by atoms with Gasteiger partial charge >= 0.3 is 0 Å². The first-order chi connectivity index (χ1) is 15.9. The highest BCUT2D eigenvalue weighted by atomic mass is 79.9. The van der Waals surface area contributed by atoms with Crippen LogP contribution in [0.2, 0.25) is 0 Å². The molecule has 5 rings (SSSR count). The predicted octanol–water partition coefficient (Wildman–Crippen LogP) is 5.51. The van der Waals surface area contributed by atoms with Crippen LogP contribution in [0, 0.1) is 0 Å². The molecule has 2 aromatic heterocycles. The standard InChI is InChI=1S/C23H20BrN3O3S3/c24-17-10-11-18-20(14-17)32-23(25-18)26(15-16-6-2-1-3-7-16)22(28)19-8-4-12-27(19)33(29,30)21-9-5-13-31-21/h1-3,5-7,9-11,13-14,19H,4,8,12,15H2. The van der Waals surface area contributed by atoms with Crippen molar-refractivity contribution in [2.45, 2.75) is 29.6 Å². The van der Waals surface area contributed by atoms with E-state index < -0.39 is 16.1 Å². The maximum Gasteiger partial charge on any atom is 0.253 e. The van der Waals surface area contributed by atoms with Crippen molar-refractivity contribution in [2.75, 3.05) is 11.4 Å². The van der Waals surface area contributed by atoms with Gasteiger partial charge in [-0.25, -0.2) is 13.4 Å². The largest absolute Gasteiger partial charge is 0.282 e. The van der Waals surface area contributed by atoms with E-state index in [1.165, 1.54) is 27.0 Å². The Hall–Kier alpha value is -2.11. The van der Waals surface area contributed by atoms with Crippen molar-refractivity contribution in [3.63, 3.8) is 0 Å². The highest BCUT2D eigenvalue weighted by Gasteiger charge is 2.42. The molecule has 1 aliphatic heterocycles. The van der Waals surface area contributed by atoms with E-state index in [1.807, 2.05) is 48.5 Å². The summed E-state index contributed by atoms with van der Waals surface area (Å²) in [7, 11) is -3.73. The summed E-state index contributed by atoms with van der Waals surface area (Å²) in [5.74, 6) is -0.241. The Bertz CT molecular complexity index is 1390. The number of aromatic nitrogens is 1. The zero-order chi connectivity index (χ0) is 23.0. The van der Waals surface area contributed by atoms with Crippen LogP contribution in [-0.2, 0) is 21.4 Å². The van der Waals surface area contributed by atoms with Crippen LogP contribution in [0.25, 0.3) is 10.2 Å². The SMILES string of the molecule is O=C(C1CCCN1S(=O)(=O)c1cccs1)N(Cc1ccccc1)c1nc2ccc(Br)cc2s1. The van der Waals surface area contributed by atoms with Crippen molar-refractivity contribution >= 4 is 69.9 Å². The van der Waals surface area contributed by atoms with Crippen molar-refractivity contribution in [3.05, 3.63) is 76.1 Å². The fourth-order valence-electron chi connectivity index (χ4n) is 3.99. The third kappa shape index (κ3) is 4.50. The fraction of sp³-hybridized carbons (Fsp3) is 0.217. The molecule has 1 saturated heterocycles. The van der Waals surface area contributed by atoms with Crippen LogP contribution in [0.5, 0.6) is 0 Å². The molecule has 1 amide bonds. The number of amides is 1. The molecule has 170 valence electrons. The van der Waals surface area contributed by atoms with Crippen molar-refractivity contribution < 1.29 is 13.2 Å². The molecule has 2 aromatic carbocycles. The number of thiazole rings is 1. The summed E-state index contributed by atoms with van der Waals surface area (Å²) in [6.07, 6.45) is 1.14. The summed E-state index contributed by atoms with van der Waals surface area (Å²) in [5, 5.41) is 2.30. The molecular formula is C23H20BrN3O3S3. The average Bonchev–Trinajstić information content (AvgIpc) is 3.58. The molecule has 0 spiro atoms. The normalized spacial score (nSPS) is 16.9. The Morgan fingerprint density at radius 2 is 1.97 bits per heavy atom. The number of hydrogen-bond acceptors (Lipinski definition) is 6. The van der Waals surface area contributed by atoms with Gasteiger partial charge in [0.25, 0.3) is 10.0 Å². The van der Waals surface area contributed by atoms with Gasteiger partial charge in [-0.2, -0.15) is 4.31 Å². The van der Waals surface area contributed by atoms with Crippen LogP contribution in [0.4, 0.5) is 5.13 Å². The highest BCUT2D eigenvalue weighted by molar-refractivity contribution is 9.10. The van der Waals surface area contributed by atoms with Gasteiger partial charge in [0.05, 0.1) is 16.8 Å². The maximum absolute atomic E-state index is 13.9. The number of halogens is 1. The molecule has 0 radical (unpaired) electrons. The molecule has 6 nitrogen and oxygen atoms in total. The topological polar surface area (TPSA) is 70.6 Å². The fourth-order valence-corrected chi connectivity index (χ4v) is 8.28. The third-order valence-electron chi connectivity index (χ3n) is 5.57. The number of hydrogen-bond donors (Lipinski definition) is 0. The number of benzene rings is 2. The van der Waals surface area contributed by atoms with Crippen molar-refractivity contribution in [1.82, 2.24) is 9.29 Å². The summed E-state index contributed by atoms with van der Waals surface area (Å²) in [4.78, 5) is 20.3. The van der Waals surface area contributed by atoms with Gasteiger partial charge < -0.3 is 0 Å². The second-order valence-electron chi connectivity index (χ2n) is 7.72. The molecule has 3 heterocycles. The lowest BCUT2D eigenvalue weighted by atomic mass is 10.1. The lowest BCUT2D eigenvalue weighted by Gasteiger charge is -2.28. The molecule has 33 heavy (non-hydrogen) atoms. The van der Waals surface area contributed by atoms with Gasteiger partial charge in [-0.1, -0.05) is 63.7 Å². The van der Waals surface area contributed by atoms with Crippen LogP contribution in [-0.4, -0.2) is 36.2 Å². The van der Waals surface area contributed by atoms with E-state index in [0.717, 1.165) is 20.3 Å². The first-order valence-corrected chi connectivity index (χ1v) is 14.3. The Labute approximate surface area is 208 Å². The van der Waals surface area contributed by atoms with E-state index in [2.05, 4.69) is 15.9 Å². The number of nitrogens with zero attached hydrogens (tertiary/aromatic N) is 3. The van der Waals surface area contributed by atoms with Gasteiger partial charge in [-0.05, 0) is 48.1 Å². The Morgan fingerprint density at radius 1 is 1.15 bits per heavy atom. The van der Waals surface area contributed by atoms with Crippen LogP contribution in [0.3, 0.4) is 0 Å². The van der Waals surface area contributed by atoms with Crippen molar-refractivity contribution in [2.24, 2.45) is 0 Å². The maximum atomic E-state index is 13.9. The molecule has 1 unspecified atom stereocenters. The molecule has 0 N–H and O–H groups in total. The van der Waals surface area contributed by atoms with E-state index >= 15 is 0 Å². The van der Waals surface area contributed by atoms with Crippen LogP contribution in [0.1, 0.15) is 18.4 Å². The van der Waals surface area contributed by atoms with E-state index in [-0.39, 0.29) is 10.1 Å². The molecule has 0 saturated carbocycles. The Morgan fingerprint density at radius 3 is 2.73 bits per heavy atom. The summed E-state index contributed by atoms with van der Waals surface area (Å²) >= 11 is 6.09. The summed E-state index contributed by atoms with van der Waals surface area (Å²) in [5.41, 5.74) is 1.76. The number of thiophene rings is 1. The lowest BCUT2D eigenvalue weighted by Crippen LogP contribution is -2.47. The summed E-state index contributed by atoms with van der Waals surface area (Å²) in [6.45, 7) is 0.659. The number of carbonyl (C=O) groups excluding carboxylic acids is 1. The molecule has 1 fully saturated rings. The van der Waals surface area contributed by atoms with Crippen LogP contribution >= 0.6 is 38.6 Å². The summed E-state index contributed by atoms with van der Waals surface area (Å²) in [6, 6.07) is 18.1. The smallest absolute Gasteiger partial charge is 0.253 e. The van der Waals surface area contributed by atoms with Crippen molar-refractivity contribution in [3.8, 4) is 0 Å². The minimum atomic E-state index is -3.73. The first kappa shape index (κ1) is 22.7. The number of sulfonamides is 1. The monoisotopic (exact) mass is 561 g/mol. The van der Waals surface area contributed by atoms with E-state index in [1.54, 1.807) is 22.4 Å². The lowest BCUT2D eigenvalue weighted by molar-refractivity contribution is -0.121. The molecular weight excluding hydrogens is 542 g/mol. The molecule has 0 bridgehead atoms. The molecule has 1 aliphatic rings. The number of rotatable bonds is 6. The molecule has 0 aliphatic carbocycles. The highest BCUT2D eigenvalue weighted by Crippen LogP contribution is 2.35. The quantitative estimate of drug-likeness (QED) is 0.311. The second-order valence-corrected chi connectivity index (χ2v) is 12.7. The van der Waals surface area contributed by atoms with Gasteiger partial charge in [0, 0.05) is 11.0 Å². The summed E-state index contributed by atoms with van der Waals surface area (Å²) < 4.78 is 30.0. The zero-order valence-corrected chi connectivity index (χ0v) is 21.5. The van der Waals surface area contributed by atoms with Crippen LogP contribution < -0.4 is 4.90 Å². The minimum absolute atomic E-state index is 0.241. The molecule has 4 aromatic rings. The average molecular weight is 563 g/mol. The van der Waals surface area contributed by atoms with Gasteiger partial charge in [-0.3, -0.25) is 9.69 Å². The van der Waals surface area contributed by atoms with Gasteiger partial charge in [0.1, 0.15) is 10.3 Å². The molecule has 10 heteroatoms. The first-order valence-electron chi connectivity index (χ1n) is 10.4. The van der Waals surface area contributed by atoms with E-state index in [9.17, 15) is 13.2 Å². The number of carbonyl (C=O) groups is 1. The number of anilines is 1. The predicted molar refractivity (Wildman–Crippen MR) is 136 cm³/mol. The van der Waals surface area contributed by atoms with Gasteiger partial charge in [0.2, 0.25) is 5.91 Å². The van der Waals surface area contributed by atoms with Crippen molar-refractivity contribution in [1.29, 1.82) is 0 Å². The van der Waals surface area contributed by atoms with Crippen LogP contribution in [0.15, 0.2) is 74.7 Å². The van der Waals surface area contributed by atoms with E-state index in [4.69, 9.17) is 4.98 Å². The zero-order valence-electron chi connectivity index (χ0n) is 17.4. The molecule has 1 atom stereocenters. The third-order valence-corrected chi connectivity index (χ3v) is 10.4. The second kappa shape index (κ2) is 9.27. The minimum Gasteiger partial charge on any atom is -0.282 e. The number of fused-ring (bicyclic) bond motifs is 1.